The van der Waals surface area contributed by atoms with Gasteiger partial charge < -0.3 is 15.8 Å². The lowest BCUT2D eigenvalue weighted by Gasteiger charge is -2.25. The summed E-state index contributed by atoms with van der Waals surface area (Å²) in [5, 5.41) is 12.2. The average molecular weight is 280 g/mol. The first kappa shape index (κ1) is 12.6. The molecule has 3 N–H and O–H groups in total. The predicted molar refractivity (Wildman–Crippen MR) is 77.1 cm³/mol. The minimum atomic E-state index is 0.0525. The molecule has 1 aromatic carbocycles. The molecule has 0 atom stereocenters. The van der Waals surface area contributed by atoms with E-state index in [4.69, 9.17) is 22.5 Å². The fourth-order valence-corrected chi connectivity index (χ4v) is 2.65. The van der Waals surface area contributed by atoms with Crippen molar-refractivity contribution in [1.29, 1.82) is 0 Å². The van der Waals surface area contributed by atoms with E-state index in [0.29, 0.717) is 16.6 Å². The van der Waals surface area contributed by atoms with Crippen molar-refractivity contribution in [3.05, 3.63) is 28.8 Å². The molecule has 2 fully saturated rings. The fourth-order valence-electron chi connectivity index (χ4n) is 2.37. The van der Waals surface area contributed by atoms with E-state index >= 15 is 0 Å². The molecular formula is C14H18ClN3O. The number of rotatable bonds is 5. The van der Waals surface area contributed by atoms with Crippen molar-refractivity contribution in [2.45, 2.75) is 31.7 Å². The number of anilines is 1. The van der Waals surface area contributed by atoms with Gasteiger partial charge in [-0.15, -0.1) is 0 Å². The molecule has 1 aromatic rings. The van der Waals surface area contributed by atoms with Crippen molar-refractivity contribution in [3.8, 4) is 0 Å². The van der Waals surface area contributed by atoms with Crippen molar-refractivity contribution in [2.24, 2.45) is 16.8 Å². The summed E-state index contributed by atoms with van der Waals surface area (Å²) in [5.41, 5.74) is 7.31. The van der Waals surface area contributed by atoms with Crippen LogP contribution in [0.15, 0.2) is 23.4 Å². The van der Waals surface area contributed by atoms with Gasteiger partial charge in [0.15, 0.2) is 5.84 Å². The summed E-state index contributed by atoms with van der Waals surface area (Å²) < 4.78 is 0. The number of nitrogens with two attached hydrogens (primary N) is 1. The zero-order valence-corrected chi connectivity index (χ0v) is 11.5. The molecule has 2 saturated carbocycles. The van der Waals surface area contributed by atoms with Gasteiger partial charge in [-0.05, 0) is 49.8 Å². The van der Waals surface area contributed by atoms with Crippen LogP contribution in [-0.4, -0.2) is 23.6 Å². The highest BCUT2D eigenvalue weighted by Crippen LogP contribution is 2.38. The van der Waals surface area contributed by atoms with Crippen molar-refractivity contribution >= 4 is 23.1 Å². The normalized spacial score (nSPS) is 19.5. The van der Waals surface area contributed by atoms with Gasteiger partial charge >= 0.3 is 0 Å². The van der Waals surface area contributed by atoms with Gasteiger partial charge in [-0.2, -0.15) is 0 Å². The Kier molecular flexibility index (Phi) is 3.27. The molecule has 0 heterocycles. The van der Waals surface area contributed by atoms with Gasteiger partial charge in [-0.3, -0.25) is 0 Å². The highest BCUT2D eigenvalue weighted by atomic mass is 35.5. The van der Waals surface area contributed by atoms with Crippen LogP contribution in [0.2, 0.25) is 5.02 Å². The van der Waals surface area contributed by atoms with Crippen molar-refractivity contribution in [2.75, 3.05) is 11.4 Å². The Balaban J connectivity index is 1.84. The molecule has 4 nitrogen and oxygen atoms in total. The summed E-state index contributed by atoms with van der Waals surface area (Å²) in [6.45, 7) is 1.13. The van der Waals surface area contributed by atoms with Gasteiger partial charge in [0, 0.05) is 23.8 Å². The Morgan fingerprint density at radius 1 is 1.37 bits per heavy atom. The van der Waals surface area contributed by atoms with Crippen molar-refractivity contribution < 1.29 is 5.21 Å². The van der Waals surface area contributed by atoms with Crippen LogP contribution in [-0.2, 0) is 0 Å². The van der Waals surface area contributed by atoms with Gasteiger partial charge in [0.1, 0.15) is 0 Å². The molecule has 0 radical (unpaired) electrons. The molecule has 0 aromatic heterocycles. The molecule has 2 aliphatic rings. The number of oxime groups is 1. The van der Waals surface area contributed by atoms with Crippen LogP contribution in [0.5, 0.6) is 0 Å². The van der Waals surface area contributed by atoms with Gasteiger partial charge in [-0.25, -0.2) is 0 Å². The Morgan fingerprint density at radius 3 is 2.63 bits per heavy atom. The molecule has 19 heavy (non-hydrogen) atoms. The van der Waals surface area contributed by atoms with Crippen LogP contribution in [0.25, 0.3) is 0 Å². The minimum Gasteiger partial charge on any atom is -0.409 e. The Morgan fingerprint density at radius 2 is 2.11 bits per heavy atom. The number of halogens is 1. The summed E-state index contributed by atoms with van der Waals surface area (Å²) in [7, 11) is 0. The number of nitrogens with zero attached hydrogens (tertiary/aromatic N) is 2. The van der Waals surface area contributed by atoms with E-state index in [2.05, 4.69) is 10.1 Å². The maximum atomic E-state index is 8.71. The molecule has 0 bridgehead atoms. The first-order valence-electron chi connectivity index (χ1n) is 6.73. The Labute approximate surface area is 117 Å². The van der Waals surface area contributed by atoms with Gasteiger partial charge in [0.05, 0.1) is 5.02 Å². The molecule has 0 unspecified atom stereocenters. The second-order valence-corrected chi connectivity index (χ2v) is 5.88. The first-order chi connectivity index (χ1) is 9.19. The van der Waals surface area contributed by atoms with Crippen molar-refractivity contribution in [3.63, 3.8) is 0 Å². The third-order valence-corrected chi connectivity index (χ3v) is 4.12. The van der Waals surface area contributed by atoms with Crippen LogP contribution in [0.3, 0.4) is 0 Å². The molecule has 0 aliphatic heterocycles. The van der Waals surface area contributed by atoms with Crippen LogP contribution in [0, 0.1) is 5.92 Å². The largest absolute Gasteiger partial charge is 0.409 e. The highest BCUT2D eigenvalue weighted by Gasteiger charge is 2.34. The lowest BCUT2D eigenvalue weighted by Crippen LogP contribution is -2.28. The van der Waals surface area contributed by atoms with Gasteiger partial charge in [-0.1, -0.05) is 16.8 Å². The monoisotopic (exact) mass is 279 g/mol. The zero-order chi connectivity index (χ0) is 13.4. The first-order valence-corrected chi connectivity index (χ1v) is 7.11. The molecule has 0 amide bonds. The standard InChI is InChI=1S/C14H18ClN3O/c15-13-7-11(5-6-12(13)14(16)17-19)18(10-3-4-10)8-9-1-2-9/h5-7,9-10,19H,1-4,8H2,(H2,16,17). The van der Waals surface area contributed by atoms with Crippen LogP contribution in [0.1, 0.15) is 31.2 Å². The van der Waals surface area contributed by atoms with E-state index in [-0.39, 0.29) is 5.84 Å². The average Bonchev–Trinajstić information content (AvgIpc) is 3.27. The molecule has 102 valence electrons. The number of hydrogen-bond donors (Lipinski definition) is 2. The van der Waals surface area contributed by atoms with Crippen LogP contribution < -0.4 is 10.6 Å². The van der Waals surface area contributed by atoms with E-state index in [0.717, 1.165) is 18.2 Å². The number of amidine groups is 1. The number of hydrogen-bond acceptors (Lipinski definition) is 3. The summed E-state index contributed by atoms with van der Waals surface area (Å²) in [5.74, 6) is 0.903. The van der Waals surface area contributed by atoms with Crippen LogP contribution >= 0.6 is 11.6 Å². The summed E-state index contributed by atoms with van der Waals surface area (Å²) in [6, 6.07) is 6.44. The third kappa shape index (κ3) is 2.78. The van der Waals surface area contributed by atoms with E-state index in [9.17, 15) is 0 Å². The molecule has 3 rings (SSSR count). The lowest BCUT2D eigenvalue weighted by atomic mass is 10.1. The van der Waals surface area contributed by atoms with E-state index in [1.54, 1.807) is 0 Å². The zero-order valence-electron chi connectivity index (χ0n) is 10.7. The van der Waals surface area contributed by atoms with E-state index in [1.807, 2.05) is 18.2 Å². The minimum absolute atomic E-state index is 0.0525. The second kappa shape index (κ2) is 4.93. The summed E-state index contributed by atoms with van der Waals surface area (Å²) in [4.78, 5) is 2.46. The predicted octanol–water partition coefficient (Wildman–Crippen LogP) is 2.81. The van der Waals surface area contributed by atoms with Crippen molar-refractivity contribution in [1.82, 2.24) is 0 Å². The number of benzene rings is 1. The summed E-state index contributed by atoms with van der Waals surface area (Å²) >= 11 is 6.23. The van der Waals surface area contributed by atoms with E-state index in [1.165, 1.54) is 25.7 Å². The summed E-state index contributed by atoms with van der Waals surface area (Å²) in [6.07, 6.45) is 5.23. The molecule has 0 saturated heterocycles. The highest BCUT2D eigenvalue weighted by molar-refractivity contribution is 6.34. The fraction of sp³-hybridized carbons (Fsp3) is 0.500. The SMILES string of the molecule is NC(=NO)c1ccc(N(CC2CC2)C2CC2)cc1Cl. The molecular weight excluding hydrogens is 262 g/mol. The molecule has 0 spiro atoms. The van der Waals surface area contributed by atoms with Crippen LogP contribution in [0.4, 0.5) is 5.69 Å². The van der Waals surface area contributed by atoms with Gasteiger partial charge in [0.25, 0.3) is 0 Å². The van der Waals surface area contributed by atoms with E-state index < -0.39 is 0 Å². The quantitative estimate of drug-likeness (QED) is 0.377. The molecule has 2 aliphatic carbocycles. The maximum absolute atomic E-state index is 8.71. The smallest absolute Gasteiger partial charge is 0.171 e. The lowest BCUT2D eigenvalue weighted by molar-refractivity contribution is 0.318. The topological polar surface area (TPSA) is 61.9 Å². The Hall–Kier alpha value is -1.42. The van der Waals surface area contributed by atoms with Gasteiger partial charge in [0.2, 0.25) is 0 Å². The third-order valence-electron chi connectivity index (χ3n) is 3.81. The Bertz CT molecular complexity index is 509. The second-order valence-electron chi connectivity index (χ2n) is 5.48. The maximum Gasteiger partial charge on any atom is 0.171 e. The molecule has 5 heteroatoms.